The van der Waals surface area contributed by atoms with Crippen LogP contribution in [0.4, 0.5) is 0 Å². The van der Waals surface area contributed by atoms with E-state index in [2.05, 4.69) is 0 Å². The minimum absolute atomic E-state index is 0.448. The molecule has 2 fully saturated rings. The van der Waals surface area contributed by atoms with Crippen molar-refractivity contribution in [3.8, 4) is 0 Å². The lowest BCUT2D eigenvalue weighted by atomic mass is 9.90. The third-order valence-electron chi connectivity index (χ3n) is 2.97. The second kappa shape index (κ2) is 1.83. The van der Waals surface area contributed by atoms with Crippen molar-refractivity contribution < 1.29 is 4.79 Å². The van der Waals surface area contributed by atoms with Gasteiger partial charge in [-0.15, -0.1) is 0 Å². The molecule has 2 saturated carbocycles. The number of hydrogen-bond acceptors (Lipinski definition) is 1. The SMILES string of the molecule is O=C[C@@H]1C[C@H]2CC[C@@H]1C2. The summed E-state index contributed by atoms with van der Waals surface area (Å²) in [7, 11) is 0. The van der Waals surface area contributed by atoms with Crippen molar-refractivity contribution >= 4 is 6.29 Å². The zero-order valence-electron chi connectivity index (χ0n) is 5.55. The molecule has 2 rings (SSSR count). The van der Waals surface area contributed by atoms with Gasteiger partial charge in [0, 0.05) is 5.92 Å². The van der Waals surface area contributed by atoms with Crippen molar-refractivity contribution in [2.24, 2.45) is 17.8 Å². The van der Waals surface area contributed by atoms with E-state index < -0.39 is 0 Å². The molecule has 1 nitrogen and oxygen atoms in total. The van der Waals surface area contributed by atoms with E-state index in [4.69, 9.17) is 0 Å². The molecule has 9 heavy (non-hydrogen) atoms. The fraction of sp³-hybridized carbons (Fsp3) is 0.875. The maximum Gasteiger partial charge on any atom is 0.123 e. The Balaban J connectivity index is 2.09. The Morgan fingerprint density at radius 2 is 2.11 bits per heavy atom. The number of aldehydes is 1. The summed E-state index contributed by atoms with van der Waals surface area (Å²) in [6.45, 7) is 0. The molecule has 0 aromatic rings. The van der Waals surface area contributed by atoms with Crippen molar-refractivity contribution in [2.45, 2.75) is 25.7 Å². The number of carbonyl (C=O) groups excluding carboxylic acids is 1. The van der Waals surface area contributed by atoms with Crippen LogP contribution in [0, 0.1) is 17.8 Å². The summed E-state index contributed by atoms with van der Waals surface area (Å²) in [5.41, 5.74) is 0. The highest BCUT2D eigenvalue weighted by Gasteiger charge is 2.38. The van der Waals surface area contributed by atoms with Crippen LogP contribution < -0.4 is 0 Å². The molecular formula is C8H12O. The van der Waals surface area contributed by atoms with Gasteiger partial charge in [0.2, 0.25) is 0 Å². The Morgan fingerprint density at radius 3 is 2.44 bits per heavy atom. The van der Waals surface area contributed by atoms with Crippen LogP contribution in [0.25, 0.3) is 0 Å². The maximum atomic E-state index is 10.4. The van der Waals surface area contributed by atoms with E-state index in [1.165, 1.54) is 32.0 Å². The van der Waals surface area contributed by atoms with Gasteiger partial charge in [0.25, 0.3) is 0 Å². The van der Waals surface area contributed by atoms with Gasteiger partial charge in [-0.1, -0.05) is 6.42 Å². The molecule has 0 heterocycles. The summed E-state index contributed by atoms with van der Waals surface area (Å²) < 4.78 is 0. The largest absolute Gasteiger partial charge is 0.303 e. The molecule has 0 radical (unpaired) electrons. The van der Waals surface area contributed by atoms with E-state index in [0.29, 0.717) is 5.92 Å². The quantitative estimate of drug-likeness (QED) is 0.485. The molecule has 2 bridgehead atoms. The van der Waals surface area contributed by atoms with Gasteiger partial charge < -0.3 is 4.79 Å². The predicted octanol–water partition coefficient (Wildman–Crippen LogP) is 1.62. The highest BCUT2D eigenvalue weighted by atomic mass is 16.1. The van der Waals surface area contributed by atoms with E-state index in [9.17, 15) is 4.79 Å². The molecule has 2 aliphatic rings. The number of hydrogen-bond donors (Lipinski definition) is 0. The summed E-state index contributed by atoms with van der Waals surface area (Å²) in [6.07, 6.45) is 6.45. The third kappa shape index (κ3) is 0.707. The second-order valence-corrected chi connectivity index (χ2v) is 3.47. The normalized spacial score (nSPS) is 47.8. The monoisotopic (exact) mass is 124 g/mol. The van der Waals surface area contributed by atoms with E-state index in [0.717, 1.165) is 11.8 Å². The molecule has 50 valence electrons. The average Bonchev–Trinajstić information content (AvgIpc) is 2.45. The minimum Gasteiger partial charge on any atom is -0.303 e. The Kier molecular flexibility index (Phi) is 1.11. The molecule has 1 heteroatoms. The van der Waals surface area contributed by atoms with Gasteiger partial charge in [-0.2, -0.15) is 0 Å². The molecular weight excluding hydrogens is 112 g/mol. The fourth-order valence-corrected chi connectivity index (χ4v) is 2.46. The molecule has 2 aliphatic carbocycles. The third-order valence-corrected chi connectivity index (χ3v) is 2.97. The lowest BCUT2D eigenvalue weighted by molar-refractivity contribution is -0.112. The zero-order chi connectivity index (χ0) is 6.27. The number of carbonyl (C=O) groups is 1. The van der Waals surface area contributed by atoms with Gasteiger partial charge in [0.1, 0.15) is 6.29 Å². The first-order valence-electron chi connectivity index (χ1n) is 3.85. The van der Waals surface area contributed by atoms with Crippen LogP contribution in [-0.4, -0.2) is 6.29 Å². The van der Waals surface area contributed by atoms with Crippen LogP contribution in [0.15, 0.2) is 0 Å². The first kappa shape index (κ1) is 5.45. The predicted molar refractivity (Wildman–Crippen MR) is 35.0 cm³/mol. The lowest BCUT2D eigenvalue weighted by Gasteiger charge is -2.14. The van der Waals surface area contributed by atoms with Crippen LogP contribution in [0.2, 0.25) is 0 Å². The van der Waals surface area contributed by atoms with Crippen LogP contribution in [0.1, 0.15) is 25.7 Å². The minimum atomic E-state index is 0.448. The summed E-state index contributed by atoms with van der Waals surface area (Å²) in [4.78, 5) is 10.4. The molecule has 0 spiro atoms. The summed E-state index contributed by atoms with van der Waals surface area (Å²) in [6, 6.07) is 0. The highest BCUT2D eigenvalue weighted by Crippen LogP contribution is 2.47. The van der Waals surface area contributed by atoms with Crippen molar-refractivity contribution in [2.75, 3.05) is 0 Å². The van der Waals surface area contributed by atoms with Crippen LogP contribution in [-0.2, 0) is 4.79 Å². The Labute approximate surface area is 55.4 Å². The molecule has 3 atom stereocenters. The van der Waals surface area contributed by atoms with Crippen molar-refractivity contribution in [1.29, 1.82) is 0 Å². The average molecular weight is 124 g/mol. The Bertz CT molecular complexity index is 131. The summed E-state index contributed by atoms with van der Waals surface area (Å²) >= 11 is 0. The van der Waals surface area contributed by atoms with Crippen molar-refractivity contribution in [3.63, 3.8) is 0 Å². The van der Waals surface area contributed by atoms with Gasteiger partial charge in [0.05, 0.1) is 0 Å². The summed E-state index contributed by atoms with van der Waals surface area (Å²) in [5.74, 6) is 2.15. The van der Waals surface area contributed by atoms with Gasteiger partial charge in [-0.25, -0.2) is 0 Å². The Hall–Kier alpha value is -0.330. The molecule has 0 unspecified atom stereocenters. The Morgan fingerprint density at radius 1 is 1.22 bits per heavy atom. The second-order valence-electron chi connectivity index (χ2n) is 3.47. The van der Waals surface area contributed by atoms with Crippen LogP contribution >= 0.6 is 0 Å². The highest BCUT2D eigenvalue weighted by molar-refractivity contribution is 5.55. The molecule has 0 aromatic carbocycles. The maximum absolute atomic E-state index is 10.4. The first-order valence-corrected chi connectivity index (χ1v) is 3.85. The van der Waals surface area contributed by atoms with E-state index in [1.807, 2.05) is 0 Å². The molecule has 0 aliphatic heterocycles. The first-order chi connectivity index (χ1) is 4.40. The molecule has 0 amide bonds. The van der Waals surface area contributed by atoms with Gasteiger partial charge in [0.15, 0.2) is 0 Å². The number of fused-ring (bicyclic) bond motifs is 2. The molecule has 0 aromatic heterocycles. The number of rotatable bonds is 1. The smallest absolute Gasteiger partial charge is 0.123 e. The lowest BCUT2D eigenvalue weighted by Crippen LogP contribution is -2.10. The van der Waals surface area contributed by atoms with Gasteiger partial charge >= 0.3 is 0 Å². The van der Waals surface area contributed by atoms with Crippen LogP contribution in [0.5, 0.6) is 0 Å². The molecule has 0 N–H and O–H groups in total. The van der Waals surface area contributed by atoms with Crippen molar-refractivity contribution in [3.05, 3.63) is 0 Å². The van der Waals surface area contributed by atoms with Gasteiger partial charge in [-0.05, 0) is 31.1 Å². The van der Waals surface area contributed by atoms with Crippen molar-refractivity contribution in [1.82, 2.24) is 0 Å². The van der Waals surface area contributed by atoms with E-state index in [1.54, 1.807) is 0 Å². The van der Waals surface area contributed by atoms with E-state index >= 15 is 0 Å². The van der Waals surface area contributed by atoms with Gasteiger partial charge in [-0.3, -0.25) is 0 Å². The zero-order valence-corrected chi connectivity index (χ0v) is 5.55. The fourth-order valence-electron chi connectivity index (χ4n) is 2.46. The summed E-state index contributed by atoms with van der Waals surface area (Å²) in [5, 5.41) is 0. The van der Waals surface area contributed by atoms with E-state index in [-0.39, 0.29) is 0 Å². The standard InChI is InChI=1S/C8H12O/c9-5-8-4-6-1-2-7(8)3-6/h5-8H,1-4H2/t6-,7+,8-/m0/s1. The topological polar surface area (TPSA) is 17.1 Å². The van der Waals surface area contributed by atoms with Crippen LogP contribution in [0.3, 0.4) is 0 Å². The molecule has 0 saturated heterocycles.